The molecule has 0 aliphatic heterocycles. The predicted octanol–water partition coefficient (Wildman–Crippen LogP) is 4.10. The van der Waals surface area contributed by atoms with Gasteiger partial charge in [-0.3, -0.25) is 13.9 Å². The molecule has 0 saturated heterocycles. The van der Waals surface area contributed by atoms with Crippen molar-refractivity contribution in [3.8, 4) is 10.4 Å². The van der Waals surface area contributed by atoms with E-state index in [1.54, 1.807) is 27.5 Å². The minimum Gasteiger partial charge on any atom is -0.326 e. The number of anilines is 1. The summed E-state index contributed by atoms with van der Waals surface area (Å²) in [6, 6.07) is 19.5. The lowest BCUT2D eigenvalue weighted by molar-refractivity contribution is -0.116. The molecule has 1 amide bonds. The molecule has 0 saturated carbocycles. The zero-order valence-electron chi connectivity index (χ0n) is 14.9. The molecule has 4 aromatic rings. The van der Waals surface area contributed by atoms with E-state index < -0.39 is 0 Å². The third kappa shape index (κ3) is 3.44. The molecule has 0 bridgehead atoms. The molecular weight excluding hydrogens is 358 g/mol. The number of fused-ring (bicyclic) bond motifs is 1. The number of aromatic nitrogens is 2. The van der Waals surface area contributed by atoms with Crippen molar-refractivity contribution in [2.75, 3.05) is 5.32 Å². The second-order valence-corrected chi connectivity index (χ2v) is 7.29. The first-order valence-corrected chi connectivity index (χ1v) is 9.59. The number of nitrogens with zero attached hydrogens (tertiary/aromatic N) is 2. The summed E-state index contributed by atoms with van der Waals surface area (Å²) in [5, 5.41) is 4.96. The van der Waals surface area contributed by atoms with Gasteiger partial charge in [0, 0.05) is 30.6 Å². The minimum atomic E-state index is -0.113. The molecule has 2 heterocycles. The van der Waals surface area contributed by atoms with E-state index in [4.69, 9.17) is 0 Å². The Morgan fingerprint density at radius 3 is 2.63 bits per heavy atom. The summed E-state index contributed by atoms with van der Waals surface area (Å²) in [7, 11) is 1.75. The van der Waals surface area contributed by atoms with Gasteiger partial charge in [-0.1, -0.05) is 30.3 Å². The van der Waals surface area contributed by atoms with Crippen LogP contribution in [0.3, 0.4) is 0 Å². The van der Waals surface area contributed by atoms with E-state index in [9.17, 15) is 9.59 Å². The topological polar surface area (TPSA) is 56.0 Å². The fraction of sp³-hybridized carbons (Fsp3) is 0.143. The quantitative estimate of drug-likeness (QED) is 0.569. The van der Waals surface area contributed by atoms with E-state index in [0.717, 1.165) is 27.2 Å². The number of carbonyl (C=O) groups excluding carboxylic acids is 1. The zero-order chi connectivity index (χ0) is 18.8. The van der Waals surface area contributed by atoms with Crippen LogP contribution in [0.2, 0.25) is 0 Å². The Balaban J connectivity index is 1.48. The maximum atomic E-state index is 12.4. The Labute approximate surface area is 160 Å². The number of amides is 1. The first-order valence-electron chi connectivity index (χ1n) is 8.71. The molecule has 6 heteroatoms. The molecule has 136 valence electrons. The highest BCUT2D eigenvalue weighted by atomic mass is 32.1. The highest BCUT2D eigenvalue weighted by molar-refractivity contribution is 7.13. The number of hydrogen-bond acceptors (Lipinski definition) is 3. The van der Waals surface area contributed by atoms with Gasteiger partial charge in [-0.2, -0.15) is 0 Å². The van der Waals surface area contributed by atoms with Crippen molar-refractivity contribution in [2.24, 2.45) is 7.05 Å². The van der Waals surface area contributed by atoms with Crippen LogP contribution >= 0.6 is 11.3 Å². The van der Waals surface area contributed by atoms with Gasteiger partial charge in [0.05, 0.1) is 11.0 Å². The summed E-state index contributed by atoms with van der Waals surface area (Å²) < 4.78 is 3.26. The lowest BCUT2D eigenvalue weighted by Gasteiger charge is -2.07. The second kappa shape index (κ2) is 7.25. The van der Waals surface area contributed by atoms with E-state index in [2.05, 4.69) is 11.4 Å². The summed E-state index contributed by atoms with van der Waals surface area (Å²) in [5.74, 6) is -0.113. The molecule has 27 heavy (non-hydrogen) atoms. The highest BCUT2D eigenvalue weighted by Gasteiger charge is 2.11. The number of para-hydroxylation sites is 2. The Morgan fingerprint density at radius 2 is 1.85 bits per heavy atom. The molecule has 0 fully saturated rings. The monoisotopic (exact) mass is 377 g/mol. The average molecular weight is 377 g/mol. The lowest BCUT2D eigenvalue weighted by Crippen LogP contribution is -2.24. The van der Waals surface area contributed by atoms with E-state index in [1.165, 1.54) is 0 Å². The van der Waals surface area contributed by atoms with Crippen LogP contribution in [0.25, 0.3) is 21.5 Å². The third-order valence-electron chi connectivity index (χ3n) is 4.57. The normalized spacial score (nSPS) is 11.0. The first kappa shape index (κ1) is 17.3. The largest absolute Gasteiger partial charge is 0.328 e. The predicted molar refractivity (Wildman–Crippen MR) is 110 cm³/mol. The number of imidazole rings is 1. The molecule has 0 radical (unpaired) electrons. The van der Waals surface area contributed by atoms with Gasteiger partial charge in [0.25, 0.3) is 0 Å². The van der Waals surface area contributed by atoms with E-state index in [-0.39, 0.29) is 18.0 Å². The number of nitrogens with one attached hydrogen (secondary N) is 1. The van der Waals surface area contributed by atoms with Crippen LogP contribution < -0.4 is 11.0 Å². The minimum absolute atomic E-state index is 0.108. The standard InChI is InChI=1S/C21H19N3O2S/c1-23-17-8-2-3-9-18(17)24(21(23)26)12-11-20(25)22-16-7-4-6-15(14-16)19-10-5-13-27-19/h2-10,13-14H,11-12H2,1H3,(H,22,25). The molecule has 4 rings (SSSR count). The van der Waals surface area contributed by atoms with Gasteiger partial charge in [0.1, 0.15) is 0 Å². The molecule has 2 aromatic carbocycles. The van der Waals surface area contributed by atoms with Crippen LogP contribution in [-0.4, -0.2) is 15.0 Å². The molecule has 2 aromatic heterocycles. The van der Waals surface area contributed by atoms with Crippen molar-refractivity contribution in [1.82, 2.24) is 9.13 Å². The number of rotatable bonds is 5. The van der Waals surface area contributed by atoms with Gasteiger partial charge in [0.2, 0.25) is 5.91 Å². The lowest BCUT2D eigenvalue weighted by atomic mass is 10.1. The van der Waals surface area contributed by atoms with E-state index in [0.29, 0.717) is 6.54 Å². The Kier molecular flexibility index (Phi) is 4.64. The Morgan fingerprint density at radius 1 is 1.04 bits per heavy atom. The number of hydrogen-bond donors (Lipinski definition) is 1. The maximum absolute atomic E-state index is 12.4. The SMILES string of the molecule is Cn1c(=O)n(CCC(=O)Nc2cccc(-c3cccs3)c2)c2ccccc21. The summed E-state index contributed by atoms with van der Waals surface area (Å²) in [4.78, 5) is 26.0. The van der Waals surface area contributed by atoms with Crippen molar-refractivity contribution in [1.29, 1.82) is 0 Å². The second-order valence-electron chi connectivity index (χ2n) is 6.34. The van der Waals surface area contributed by atoms with Crippen molar-refractivity contribution < 1.29 is 4.79 Å². The number of thiophene rings is 1. The molecule has 0 aliphatic carbocycles. The van der Waals surface area contributed by atoms with Gasteiger partial charge < -0.3 is 5.32 Å². The van der Waals surface area contributed by atoms with E-state index >= 15 is 0 Å². The number of aryl methyl sites for hydroxylation is 2. The molecule has 0 unspecified atom stereocenters. The van der Waals surface area contributed by atoms with Gasteiger partial charge in [-0.05, 0) is 41.3 Å². The molecule has 1 N–H and O–H groups in total. The van der Waals surface area contributed by atoms with Crippen LogP contribution in [0, 0.1) is 0 Å². The Bertz CT molecular complexity index is 1160. The van der Waals surface area contributed by atoms with Crippen LogP contribution in [0.4, 0.5) is 5.69 Å². The van der Waals surface area contributed by atoms with Crippen LogP contribution in [-0.2, 0) is 18.4 Å². The van der Waals surface area contributed by atoms with Gasteiger partial charge in [-0.25, -0.2) is 4.79 Å². The number of benzene rings is 2. The smallest absolute Gasteiger partial charge is 0.326 e. The third-order valence-corrected chi connectivity index (χ3v) is 5.49. The van der Waals surface area contributed by atoms with Gasteiger partial charge >= 0.3 is 5.69 Å². The number of carbonyl (C=O) groups is 1. The van der Waals surface area contributed by atoms with Gasteiger partial charge in [0.15, 0.2) is 0 Å². The maximum Gasteiger partial charge on any atom is 0.328 e. The van der Waals surface area contributed by atoms with Crippen LogP contribution in [0.15, 0.2) is 70.8 Å². The molecular formula is C21H19N3O2S. The average Bonchev–Trinajstić information content (AvgIpc) is 3.30. The van der Waals surface area contributed by atoms with Crippen LogP contribution in [0.5, 0.6) is 0 Å². The van der Waals surface area contributed by atoms with Crippen LogP contribution in [0.1, 0.15) is 6.42 Å². The summed E-state index contributed by atoms with van der Waals surface area (Å²) >= 11 is 1.66. The van der Waals surface area contributed by atoms with Gasteiger partial charge in [-0.15, -0.1) is 11.3 Å². The van der Waals surface area contributed by atoms with E-state index in [1.807, 2.05) is 60.0 Å². The molecule has 0 atom stereocenters. The van der Waals surface area contributed by atoms with Crippen molar-refractivity contribution >= 4 is 34.0 Å². The fourth-order valence-corrected chi connectivity index (χ4v) is 3.93. The molecule has 0 aliphatic rings. The first-order chi connectivity index (χ1) is 13.1. The highest BCUT2D eigenvalue weighted by Crippen LogP contribution is 2.26. The summed E-state index contributed by atoms with van der Waals surface area (Å²) in [6.07, 6.45) is 0.233. The zero-order valence-corrected chi connectivity index (χ0v) is 15.7. The van der Waals surface area contributed by atoms with Crippen molar-refractivity contribution in [3.63, 3.8) is 0 Å². The fourth-order valence-electron chi connectivity index (χ4n) is 3.21. The summed E-state index contributed by atoms with van der Waals surface area (Å²) in [5.41, 5.74) is 3.44. The Hall–Kier alpha value is -3.12. The molecule has 0 spiro atoms. The summed E-state index contributed by atoms with van der Waals surface area (Å²) in [6.45, 7) is 0.344. The van der Waals surface area contributed by atoms with Crippen molar-refractivity contribution in [2.45, 2.75) is 13.0 Å². The van der Waals surface area contributed by atoms with Crippen molar-refractivity contribution in [3.05, 3.63) is 76.5 Å². The molecule has 5 nitrogen and oxygen atoms in total.